The van der Waals surface area contributed by atoms with Gasteiger partial charge in [-0.3, -0.25) is 19.3 Å². The molecule has 2 amide bonds. The molecule has 0 saturated heterocycles. The van der Waals surface area contributed by atoms with Crippen LogP contribution in [0.5, 0.6) is 5.75 Å². The summed E-state index contributed by atoms with van der Waals surface area (Å²) < 4.78 is 9.80. The molecule has 0 spiro atoms. The van der Waals surface area contributed by atoms with Crippen LogP contribution in [-0.2, 0) is 11.3 Å². The second-order valence-electron chi connectivity index (χ2n) is 12.4. The van der Waals surface area contributed by atoms with E-state index < -0.39 is 5.41 Å². The first-order chi connectivity index (χ1) is 20.3. The van der Waals surface area contributed by atoms with Gasteiger partial charge in [-0.05, 0) is 36.2 Å². The minimum Gasteiger partial charge on any atom is -0.497 e. The fourth-order valence-corrected chi connectivity index (χ4v) is 8.10. The summed E-state index contributed by atoms with van der Waals surface area (Å²) in [5.41, 5.74) is 4.88. The molecule has 1 saturated carbocycles. The van der Waals surface area contributed by atoms with Crippen molar-refractivity contribution in [2.75, 3.05) is 7.11 Å². The highest BCUT2D eigenvalue weighted by molar-refractivity contribution is 6.39. The number of hydrogen-bond donors (Lipinski definition) is 0. The summed E-state index contributed by atoms with van der Waals surface area (Å²) in [5.74, 6) is 0.341. The normalized spacial score (nSPS) is 20.5. The summed E-state index contributed by atoms with van der Waals surface area (Å²) in [5, 5.41) is 3.41. The topological polar surface area (TPSA) is 73.5 Å². The van der Waals surface area contributed by atoms with Crippen molar-refractivity contribution in [1.29, 1.82) is 0 Å². The van der Waals surface area contributed by atoms with Crippen molar-refractivity contribution in [3.63, 3.8) is 0 Å². The van der Waals surface area contributed by atoms with Gasteiger partial charge < -0.3 is 13.9 Å². The molecule has 2 aliphatic heterocycles. The maximum Gasteiger partial charge on any atom is 0.262 e. The highest BCUT2D eigenvalue weighted by atomic mass is 16.5. The number of methoxy groups -OCH3 is 1. The van der Waals surface area contributed by atoms with Crippen molar-refractivity contribution in [3.8, 4) is 5.75 Å². The Balaban J connectivity index is 1.45. The first kappa shape index (κ1) is 23.8. The second kappa shape index (κ2) is 7.68. The standard InChI is InChI=1S/C35H27N3O4/c1-35(2)25-16-24(32(35)39)37-22-10-6-4-8-20(22)26-28-29(27-21-9-5-7-11-23(21)38(25)31(27)30(26)37)34(41)36(33(28)40)17-18-12-14-19(42-3)15-13-18/h4-15,24-25H,16-17H2,1-3H3/t24-,25+/m0/s1. The van der Waals surface area contributed by atoms with E-state index in [4.69, 9.17) is 4.74 Å². The van der Waals surface area contributed by atoms with E-state index in [1.165, 1.54) is 4.90 Å². The number of nitrogens with zero attached hydrogens (tertiary/aromatic N) is 3. The predicted molar refractivity (Wildman–Crippen MR) is 161 cm³/mol. The Bertz CT molecular complexity index is 2230. The zero-order chi connectivity index (χ0) is 28.7. The van der Waals surface area contributed by atoms with E-state index in [-0.39, 0.29) is 36.2 Å². The number of imide groups is 1. The fourth-order valence-electron chi connectivity index (χ4n) is 8.10. The lowest BCUT2D eigenvalue weighted by molar-refractivity contribution is -0.127. The molecule has 9 rings (SSSR count). The van der Waals surface area contributed by atoms with Crippen LogP contribution in [0.3, 0.4) is 0 Å². The van der Waals surface area contributed by atoms with Crippen molar-refractivity contribution in [3.05, 3.63) is 89.5 Å². The number of para-hydroxylation sites is 2. The SMILES string of the molecule is COc1ccc(CN2C(=O)c3c(c4c5ccccc5n5c4c4c3c3ccccc3n4[C@H]3C[C@@H]5C(C)(C)C3=O)C2=O)cc1. The van der Waals surface area contributed by atoms with Gasteiger partial charge in [0.1, 0.15) is 5.75 Å². The Hall–Kier alpha value is -4.91. The highest BCUT2D eigenvalue weighted by Gasteiger charge is 2.54. The maximum atomic E-state index is 14.4. The molecule has 2 aromatic heterocycles. The van der Waals surface area contributed by atoms with Crippen LogP contribution in [0.15, 0.2) is 72.8 Å². The average Bonchev–Trinajstić information content (AvgIpc) is 3.62. The quantitative estimate of drug-likeness (QED) is 0.226. The zero-order valence-electron chi connectivity index (χ0n) is 23.5. The summed E-state index contributed by atoms with van der Waals surface area (Å²) in [4.78, 5) is 44.3. The summed E-state index contributed by atoms with van der Waals surface area (Å²) >= 11 is 0. The van der Waals surface area contributed by atoms with Gasteiger partial charge in [-0.2, -0.15) is 0 Å². The number of ether oxygens (including phenoxy) is 1. The average molecular weight is 554 g/mol. The molecule has 0 unspecified atom stereocenters. The molecular weight excluding hydrogens is 526 g/mol. The van der Waals surface area contributed by atoms with Gasteiger partial charge in [0.15, 0.2) is 5.78 Å². The van der Waals surface area contributed by atoms with E-state index >= 15 is 0 Å². The van der Waals surface area contributed by atoms with Gasteiger partial charge in [-0.25, -0.2) is 0 Å². The van der Waals surface area contributed by atoms with Crippen molar-refractivity contribution >= 4 is 61.2 Å². The van der Waals surface area contributed by atoms with Gasteiger partial charge >= 0.3 is 0 Å². The number of fused-ring (bicyclic) bond motifs is 13. The lowest BCUT2D eigenvalue weighted by atomic mass is 9.85. The number of amides is 2. The maximum absolute atomic E-state index is 14.4. The largest absolute Gasteiger partial charge is 0.497 e. The molecule has 6 aromatic rings. The van der Waals surface area contributed by atoms with Gasteiger partial charge in [0.25, 0.3) is 11.8 Å². The molecule has 2 bridgehead atoms. The molecule has 7 nitrogen and oxygen atoms in total. The third-order valence-electron chi connectivity index (χ3n) is 10.1. The Kier molecular flexibility index (Phi) is 4.34. The van der Waals surface area contributed by atoms with E-state index in [0.29, 0.717) is 23.3 Å². The molecule has 4 aromatic carbocycles. The molecule has 4 heterocycles. The molecule has 0 N–H and O–H groups in total. The predicted octanol–water partition coefficient (Wildman–Crippen LogP) is 6.80. The van der Waals surface area contributed by atoms with Crippen molar-refractivity contribution in [2.24, 2.45) is 5.41 Å². The summed E-state index contributed by atoms with van der Waals surface area (Å²) in [6.07, 6.45) is 0.665. The van der Waals surface area contributed by atoms with Crippen molar-refractivity contribution in [1.82, 2.24) is 14.0 Å². The minimum absolute atomic E-state index is 0.0834. The summed E-state index contributed by atoms with van der Waals surface area (Å²) in [6.45, 7) is 4.26. The molecule has 3 aliphatic rings. The number of hydrogen-bond acceptors (Lipinski definition) is 4. The lowest BCUT2D eigenvalue weighted by Gasteiger charge is -2.29. The van der Waals surface area contributed by atoms with Gasteiger partial charge in [0.2, 0.25) is 0 Å². The van der Waals surface area contributed by atoms with E-state index in [0.717, 1.165) is 49.2 Å². The van der Waals surface area contributed by atoms with Crippen LogP contribution in [0.1, 0.15) is 58.6 Å². The molecule has 0 radical (unpaired) electrons. The molecule has 7 heteroatoms. The second-order valence-corrected chi connectivity index (χ2v) is 12.4. The van der Waals surface area contributed by atoms with Crippen LogP contribution < -0.4 is 4.74 Å². The number of carbonyl (C=O) groups is 3. The molecule has 206 valence electrons. The molecular formula is C35H27N3O4. The van der Waals surface area contributed by atoms with Crippen LogP contribution in [-0.4, -0.2) is 38.7 Å². The molecule has 42 heavy (non-hydrogen) atoms. The Morgan fingerprint density at radius 1 is 0.762 bits per heavy atom. The molecule has 2 atom stereocenters. The van der Waals surface area contributed by atoms with Gasteiger partial charge in [-0.15, -0.1) is 0 Å². The van der Waals surface area contributed by atoms with Gasteiger partial charge in [0.05, 0.1) is 41.9 Å². The Labute approximate surface area is 240 Å². The summed E-state index contributed by atoms with van der Waals surface area (Å²) in [7, 11) is 1.61. The van der Waals surface area contributed by atoms with E-state index in [9.17, 15) is 14.4 Å². The number of aromatic nitrogens is 2. The third-order valence-corrected chi connectivity index (χ3v) is 10.1. The van der Waals surface area contributed by atoms with Gasteiger partial charge in [0, 0.05) is 44.0 Å². The fraction of sp³-hybridized carbons (Fsp3) is 0.229. The van der Waals surface area contributed by atoms with E-state index in [1.807, 2.05) is 80.6 Å². The monoisotopic (exact) mass is 553 g/mol. The van der Waals surface area contributed by atoms with E-state index in [2.05, 4.69) is 15.2 Å². The Morgan fingerprint density at radius 2 is 1.31 bits per heavy atom. The Morgan fingerprint density at radius 3 is 1.90 bits per heavy atom. The van der Waals surface area contributed by atoms with Crippen molar-refractivity contribution < 1.29 is 19.1 Å². The zero-order valence-corrected chi connectivity index (χ0v) is 23.5. The first-order valence-corrected chi connectivity index (χ1v) is 14.4. The first-order valence-electron chi connectivity index (χ1n) is 14.4. The number of Topliss-reactive ketones (excluding diaryl/α,β-unsaturated/α-hetero) is 1. The minimum atomic E-state index is -0.603. The van der Waals surface area contributed by atoms with Crippen LogP contribution in [0.4, 0.5) is 0 Å². The van der Waals surface area contributed by atoms with Gasteiger partial charge in [-0.1, -0.05) is 62.4 Å². The smallest absolute Gasteiger partial charge is 0.262 e. The van der Waals surface area contributed by atoms with Crippen LogP contribution in [0.2, 0.25) is 0 Å². The third kappa shape index (κ3) is 2.61. The van der Waals surface area contributed by atoms with Crippen LogP contribution in [0.25, 0.3) is 43.6 Å². The van der Waals surface area contributed by atoms with Crippen molar-refractivity contribution in [2.45, 2.75) is 38.9 Å². The number of rotatable bonds is 3. The highest BCUT2D eigenvalue weighted by Crippen LogP contribution is 2.58. The molecule has 1 fully saturated rings. The lowest BCUT2D eigenvalue weighted by Crippen LogP contribution is -2.30. The molecule has 1 aliphatic carbocycles. The number of benzene rings is 4. The summed E-state index contributed by atoms with van der Waals surface area (Å²) in [6, 6.07) is 23.1. The van der Waals surface area contributed by atoms with E-state index in [1.54, 1.807) is 7.11 Å². The number of carbonyl (C=O) groups excluding carboxylic acids is 3. The number of ketones is 1. The van der Waals surface area contributed by atoms with Crippen LogP contribution >= 0.6 is 0 Å². The van der Waals surface area contributed by atoms with Crippen LogP contribution in [0, 0.1) is 5.41 Å².